The third-order valence-corrected chi connectivity index (χ3v) is 5.27. The predicted molar refractivity (Wildman–Crippen MR) is 137 cm³/mol. The van der Waals surface area contributed by atoms with E-state index in [4.69, 9.17) is 0 Å². The van der Waals surface area contributed by atoms with Gasteiger partial charge in [0.1, 0.15) is 17.2 Å². The molecular formula is C27H33N5. The lowest BCUT2D eigenvalue weighted by Crippen LogP contribution is -2.17. The number of imidazole rings is 1. The molecule has 0 aliphatic carbocycles. The summed E-state index contributed by atoms with van der Waals surface area (Å²) in [5.74, 6) is 0.665. The minimum atomic E-state index is 0.106. The number of nitrogens with one attached hydrogen (secondary N) is 3. The lowest BCUT2D eigenvalue weighted by atomic mass is 9.87. The van der Waals surface area contributed by atoms with E-state index in [0.717, 1.165) is 34.1 Å². The zero-order chi connectivity index (χ0) is 23.5. The Morgan fingerprint density at radius 3 is 2.19 bits per heavy atom. The van der Waals surface area contributed by atoms with Gasteiger partial charge in [-0.15, -0.1) is 0 Å². The summed E-state index contributed by atoms with van der Waals surface area (Å²) in [6, 6.07) is 12.0. The summed E-state index contributed by atoms with van der Waals surface area (Å²) in [5.41, 5.74) is 7.64. The van der Waals surface area contributed by atoms with Crippen LogP contribution in [0.15, 0.2) is 91.7 Å². The van der Waals surface area contributed by atoms with Crippen molar-refractivity contribution >= 4 is 22.7 Å². The highest BCUT2D eigenvalue weighted by Crippen LogP contribution is 2.25. The summed E-state index contributed by atoms with van der Waals surface area (Å²) in [7, 11) is 0. The maximum absolute atomic E-state index is 4.63. The maximum atomic E-state index is 4.63. The summed E-state index contributed by atoms with van der Waals surface area (Å²) in [4.78, 5) is 4.63. The van der Waals surface area contributed by atoms with E-state index in [1.807, 2.05) is 53.1 Å². The molecule has 0 saturated heterocycles. The maximum Gasteiger partial charge on any atom is 0.137 e. The number of hydrogen-bond donors (Lipinski definition) is 3. The smallest absolute Gasteiger partial charge is 0.137 e. The first-order valence-corrected chi connectivity index (χ1v) is 10.6. The van der Waals surface area contributed by atoms with Crippen LogP contribution in [0.5, 0.6) is 0 Å². The Balaban J connectivity index is 1.58. The minimum absolute atomic E-state index is 0.106. The topological polar surface area (TPSA) is 53.4 Å². The Morgan fingerprint density at radius 2 is 1.56 bits per heavy atom. The molecule has 3 N–H and O–H groups in total. The molecule has 0 saturated carbocycles. The van der Waals surface area contributed by atoms with Crippen molar-refractivity contribution in [3.05, 3.63) is 103 Å². The molecule has 0 amide bonds. The van der Waals surface area contributed by atoms with Crippen molar-refractivity contribution < 1.29 is 0 Å². The molecule has 0 spiro atoms. The van der Waals surface area contributed by atoms with Crippen LogP contribution in [0.1, 0.15) is 39.0 Å². The van der Waals surface area contributed by atoms with Crippen molar-refractivity contribution in [3.63, 3.8) is 0 Å². The average Bonchev–Trinajstić information content (AvgIpc) is 3.12. The molecule has 3 rings (SSSR count). The van der Waals surface area contributed by atoms with Crippen LogP contribution >= 0.6 is 0 Å². The number of pyridine rings is 1. The van der Waals surface area contributed by atoms with Gasteiger partial charge in [-0.25, -0.2) is 4.98 Å². The molecule has 5 nitrogen and oxygen atoms in total. The number of hydrogen-bond acceptors (Lipinski definition) is 4. The second-order valence-electron chi connectivity index (χ2n) is 9.11. The Morgan fingerprint density at radius 1 is 0.938 bits per heavy atom. The molecule has 0 aliphatic heterocycles. The molecule has 0 unspecified atom stereocenters. The summed E-state index contributed by atoms with van der Waals surface area (Å²) >= 11 is 0. The van der Waals surface area contributed by atoms with Gasteiger partial charge in [0.2, 0.25) is 0 Å². The first-order chi connectivity index (χ1) is 15.0. The van der Waals surface area contributed by atoms with Gasteiger partial charge in [0, 0.05) is 29.5 Å². The molecule has 3 aromatic rings. The monoisotopic (exact) mass is 427 g/mol. The summed E-state index contributed by atoms with van der Waals surface area (Å²) in [6.45, 7) is 23.0. The summed E-state index contributed by atoms with van der Waals surface area (Å²) in [5, 5.41) is 9.78. The number of aryl methyl sites for hydroxylation is 1. The van der Waals surface area contributed by atoms with Gasteiger partial charge in [0.15, 0.2) is 0 Å². The fourth-order valence-electron chi connectivity index (χ4n) is 3.04. The second kappa shape index (κ2) is 9.18. The molecule has 0 atom stereocenters. The fourth-order valence-corrected chi connectivity index (χ4v) is 3.04. The number of rotatable bonds is 8. The molecule has 32 heavy (non-hydrogen) atoms. The Hall–Kier alpha value is -3.73. The van der Waals surface area contributed by atoms with E-state index in [0.29, 0.717) is 5.82 Å². The van der Waals surface area contributed by atoms with Gasteiger partial charge < -0.3 is 20.4 Å². The van der Waals surface area contributed by atoms with Gasteiger partial charge in [-0.3, -0.25) is 0 Å². The van der Waals surface area contributed by atoms with Crippen LogP contribution in [-0.2, 0) is 0 Å². The number of aromatic nitrogens is 2. The largest absolute Gasteiger partial charge is 0.354 e. The van der Waals surface area contributed by atoms with Crippen LogP contribution in [0.25, 0.3) is 11.3 Å². The summed E-state index contributed by atoms with van der Waals surface area (Å²) < 4.78 is 2.01. The number of benzene rings is 1. The number of allylic oxidation sites excluding steroid dienone is 2. The quantitative estimate of drug-likeness (QED) is 0.350. The standard InChI is InChI=1S/C27H33N5/c1-18-9-14-26-31-25(17-32(26)16-18)21(4)29-23-10-12-24(13-11-23)30-22(5)28-20(3)15-19(2)27(6,7)8/h9-17,28-30H,3-5H2,1-2,6-8H3/b19-15+. The lowest BCUT2D eigenvalue weighted by Gasteiger charge is -2.20. The third kappa shape index (κ3) is 5.91. The highest BCUT2D eigenvalue weighted by atomic mass is 15.1. The van der Waals surface area contributed by atoms with E-state index < -0.39 is 0 Å². The van der Waals surface area contributed by atoms with Crippen molar-refractivity contribution in [2.45, 2.75) is 34.6 Å². The zero-order valence-electron chi connectivity index (χ0n) is 19.7. The van der Waals surface area contributed by atoms with Crippen molar-refractivity contribution in [2.75, 3.05) is 10.6 Å². The Bertz CT molecular complexity index is 1190. The van der Waals surface area contributed by atoms with Gasteiger partial charge in [-0.05, 0) is 61.2 Å². The molecule has 0 fully saturated rings. The van der Waals surface area contributed by atoms with Gasteiger partial charge in [0.05, 0.1) is 5.70 Å². The highest BCUT2D eigenvalue weighted by molar-refractivity contribution is 5.75. The molecule has 0 radical (unpaired) electrons. The minimum Gasteiger partial charge on any atom is -0.354 e. The van der Waals surface area contributed by atoms with Crippen LogP contribution in [0.2, 0.25) is 0 Å². The number of fused-ring (bicyclic) bond motifs is 1. The molecule has 0 bridgehead atoms. The predicted octanol–water partition coefficient (Wildman–Crippen LogP) is 6.70. The molecule has 2 aromatic heterocycles. The van der Waals surface area contributed by atoms with E-state index in [-0.39, 0.29) is 5.41 Å². The van der Waals surface area contributed by atoms with Crippen LogP contribution in [0, 0.1) is 12.3 Å². The van der Waals surface area contributed by atoms with Gasteiger partial charge in [-0.2, -0.15) is 0 Å². The fraction of sp³-hybridized carbons (Fsp3) is 0.222. The third-order valence-electron chi connectivity index (χ3n) is 5.27. The molecular weight excluding hydrogens is 394 g/mol. The number of anilines is 2. The molecule has 1 aromatic carbocycles. The van der Waals surface area contributed by atoms with E-state index in [1.165, 1.54) is 11.1 Å². The van der Waals surface area contributed by atoms with E-state index in [1.54, 1.807) is 0 Å². The molecule has 166 valence electrons. The lowest BCUT2D eigenvalue weighted by molar-refractivity contribution is 0.503. The van der Waals surface area contributed by atoms with Crippen molar-refractivity contribution in [1.82, 2.24) is 14.7 Å². The normalized spacial score (nSPS) is 11.8. The average molecular weight is 428 g/mol. The SMILES string of the molecule is C=C(/C=C(\C)C(C)(C)C)NC(=C)Nc1ccc(NC(=C)c2cn3cc(C)ccc3n2)cc1. The van der Waals surface area contributed by atoms with Gasteiger partial charge in [0.25, 0.3) is 0 Å². The van der Waals surface area contributed by atoms with Gasteiger partial charge in [-0.1, -0.05) is 52.1 Å². The zero-order valence-corrected chi connectivity index (χ0v) is 19.7. The van der Waals surface area contributed by atoms with Gasteiger partial charge >= 0.3 is 0 Å². The van der Waals surface area contributed by atoms with Crippen LogP contribution in [0.3, 0.4) is 0 Å². The Labute approximate surface area is 191 Å². The van der Waals surface area contributed by atoms with Crippen molar-refractivity contribution in [1.29, 1.82) is 0 Å². The van der Waals surface area contributed by atoms with Crippen molar-refractivity contribution in [3.8, 4) is 0 Å². The molecule has 0 aliphatic rings. The molecule has 5 heteroatoms. The van der Waals surface area contributed by atoms with Crippen LogP contribution in [0.4, 0.5) is 11.4 Å². The Kier molecular flexibility index (Phi) is 6.58. The van der Waals surface area contributed by atoms with E-state index in [9.17, 15) is 0 Å². The van der Waals surface area contributed by atoms with E-state index >= 15 is 0 Å². The molecule has 2 heterocycles. The van der Waals surface area contributed by atoms with Crippen LogP contribution in [-0.4, -0.2) is 9.38 Å². The first-order valence-electron chi connectivity index (χ1n) is 10.6. The summed E-state index contributed by atoms with van der Waals surface area (Å²) in [6.07, 6.45) is 6.08. The van der Waals surface area contributed by atoms with Crippen molar-refractivity contribution in [2.24, 2.45) is 5.41 Å². The van der Waals surface area contributed by atoms with Crippen LogP contribution < -0.4 is 16.0 Å². The second-order valence-corrected chi connectivity index (χ2v) is 9.11. The van der Waals surface area contributed by atoms with E-state index in [2.05, 4.69) is 81.5 Å². The first kappa shape index (κ1) is 22.9. The number of nitrogens with zero attached hydrogens (tertiary/aromatic N) is 2. The highest BCUT2D eigenvalue weighted by Gasteiger charge is 2.12.